The van der Waals surface area contributed by atoms with Crippen molar-refractivity contribution in [3.05, 3.63) is 90.0 Å². The van der Waals surface area contributed by atoms with E-state index in [1.54, 1.807) is 12.1 Å². The van der Waals surface area contributed by atoms with Gasteiger partial charge >= 0.3 is 0 Å². The van der Waals surface area contributed by atoms with E-state index in [1.807, 2.05) is 12.1 Å². The lowest BCUT2D eigenvalue weighted by atomic mass is 10.0. The number of anilines is 1. The van der Waals surface area contributed by atoms with Crippen LogP contribution in [0.2, 0.25) is 0 Å². The Labute approximate surface area is 200 Å². The quantitative estimate of drug-likeness (QED) is 0.397. The summed E-state index contributed by atoms with van der Waals surface area (Å²) < 4.78 is 33.6. The minimum absolute atomic E-state index is 0.0842. The molecule has 0 saturated carbocycles. The van der Waals surface area contributed by atoms with Gasteiger partial charge in [-0.2, -0.15) is 0 Å². The standard InChI is InChI=1S/C25H23F2N5O3/c1-35-15-14-31(23(33)16-32-22-5-3-2-4-21(22)29-30-32)24(17-6-8-18(26)9-7-17)25(34)28-20-12-10-19(27)11-13-20/h2-13,24H,14-16H2,1H3,(H,28,34)/t24-/m0/s1. The van der Waals surface area contributed by atoms with Crippen LogP contribution in [0.3, 0.4) is 0 Å². The molecule has 1 atom stereocenters. The van der Waals surface area contributed by atoms with E-state index in [2.05, 4.69) is 15.6 Å². The molecule has 0 unspecified atom stereocenters. The van der Waals surface area contributed by atoms with E-state index in [4.69, 9.17) is 4.74 Å². The van der Waals surface area contributed by atoms with Crippen LogP contribution in [0.4, 0.5) is 14.5 Å². The lowest BCUT2D eigenvalue weighted by Gasteiger charge is -2.31. The SMILES string of the molecule is COCCN(C(=O)Cn1nnc2ccccc21)[C@H](C(=O)Nc1ccc(F)cc1)c1ccc(F)cc1. The van der Waals surface area contributed by atoms with Crippen LogP contribution in [0, 0.1) is 11.6 Å². The van der Waals surface area contributed by atoms with Crippen LogP contribution in [-0.2, 0) is 20.9 Å². The number of amides is 2. The number of hydrogen-bond donors (Lipinski definition) is 1. The van der Waals surface area contributed by atoms with Crippen LogP contribution in [0.1, 0.15) is 11.6 Å². The van der Waals surface area contributed by atoms with E-state index < -0.39 is 29.5 Å². The molecule has 1 N–H and O–H groups in total. The molecule has 180 valence electrons. The van der Waals surface area contributed by atoms with Gasteiger partial charge in [0.25, 0.3) is 5.91 Å². The lowest BCUT2D eigenvalue weighted by Crippen LogP contribution is -2.44. The largest absolute Gasteiger partial charge is 0.383 e. The van der Waals surface area contributed by atoms with Crippen LogP contribution in [0.15, 0.2) is 72.8 Å². The monoisotopic (exact) mass is 479 g/mol. The topological polar surface area (TPSA) is 89.3 Å². The number of halogens is 2. The Kier molecular flexibility index (Phi) is 7.41. The van der Waals surface area contributed by atoms with Gasteiger partial charge in [0.05, 0.1) is 12.1 Å². The highest BCUT2D eigenvalue weighted by Crippen LogP contribution is 2.25. The molecule has 1 aromatic heterocycles. The summed E-state index contributed by atoms with van der Waals surface area (Å²) in [5.41, 5.74) is 2.05. The third kappa shape index (κ3) is 5.67. The molecule has 0 saturated heterocycles. The van der Waals surface area contributed by atoms with Crippen molar-refractivity contribution >= 4 is 28.5 Å². The maximum Gasteiger partial charge on any atom is 0.251 e. The molecule has 4 rings (SSSR count). The number of ether oxygens (including phenoxy) is 1. The number of nitrogens with zero attached hydrogens (tertiary/aromatic N) is 4. The second kappa shape index (κ2) is 10.8. The molecule has 0 radical (unpaired) electrons. The Balaban J connectivity index is 1.68. The fraction of sp³-hybridized carbons (Fsp3) is 0.200. The Morgan fingerprint density at radius 3 is 2.34 bits per heavy atom. The van der Waals surface area contributed by atoms with Crippen molar-refractivity contribution in [2.45, 2.75) is 12.6 Å². The van der Waals surface area contributed by atoms with Crippen molar-refractivity contribution in [3.8, 4) is 0 Å². The Bertz CT molecular complexity index is 1310. The predicted octanol–water partition coefficient (Wildman–Crippen LogP) is 3.56. The molecule has 0 aliphatic carbocycles. The molecule has 2 amide bonds. The molecule has 0 aliphatic heterocycles. The summed E-state index contributed by atoms with van der Waals surface area (Å²) in [5, 5.41) is 10.8. The molecule has 0 spiro atoms. The molecular weight excluding hydrogens is 456 g/mol. The van der Waals surface area contributed by atoms with E-state index in [0.717, 1.165) is 0 Å². The first-order valence-corrected chi connectivity index (χ1v) is 10.8. The normalized spacial score (nSPS) is 11.9. The lowest BCUT2D eigenvalue weighted by molar-refractivity contribution is -0.140. The molecule has 35 heavy (non-hydrogen) atoms. The second-order valence-corrected chi connectivity index (χ2v) is 7.77. The van der Waals surface area contributed by atoms with E-state index in [-0.39, 0.29) is 19.7 Å². The third-order valence-electron chi connectivity index (χ3n) is 5.42. The van der Waals surface area contributed by atoms with E-state index >= 15 is 0 Å². The number of benzene rings is 3. The maximum absolute atomic E-state index is 13.6. The maximum atomic E-state index is 13.6. The Morgan fingerprint density at radius 2 is 1.66 bits per heavy atom. The van der Waals surface area contributed by atoms with Gasteiger partial charge in [0.1, 0.15) is 29.7 Å². The second-order valence-electron chi connectivity index (χ2n) is 7.77. The van der Waals surface area contributed by atoms with Crippen molar-refractivity contribution in [2.24, 2.45) is 0 Å². The van der Waals surface area contributed by atoms with Gasteiger partial charge in [-0.3, -0.25) is 9.59 Å². The van der Waals surface area contributed by atoms with Crippen LogP contribution < -0.4 is 5.32 Å². The van der Waals surface area contributed by atoms with Crippen molar-refractivity contribution in [3.63, 3.8) is 0 Å². The zero-order valence-electron chi connectivity index (χ0n) is 18.9. The van der Waals surface area contributed by atoms with Crippen molar-refractivity contribution in [1.82, 2.24) is 19.9 Å². The van der Waals surface area contributed by atoms with Gasteiger partial charge in [-0.1, -0.05) is 29.5 Å². The number of fused-ring (bicyclic) bond motifs is 1. The molecule has 8 nitrogen and oxygen atoms in total. The zero-order valence-corrected chi connectivity index (χ0v) is 18.9. The van der Waals surface area contributed by atoms with Gasteiger partial charge in [0, 0.05) is 19.3 Å². The highest BCUT2D eigenvalue weighted by Gasteiger charge is 2.32. The number of carbonyl (C=O) groups excluding carboxylic acids is 2. The summed E-state index contributed by atoms with van der Waals surface area (Å²) in [6.07, 6.45) is 0. The smallest absolute Gasteiger partial charge is 0.251 e. The van der Waals surface area contributed by atoms with Crippen LogP contribution >= 0.6 is 0 Å². The molecule has 1 heterocycles. The van der Waals surface area contributed by atoms with Crippen molar-refractivity contribution in [1.29, 1.82) is 0 Å². The highest BCUT2D eigenvalue weighted by atomic mass is 19.1. The number of methoxy groups -OCH3 is 1. The average Bonchev–Trinajstić information content (AvgIpc) is 3.26. The minimum Gasteiger partial charge on any atom is -0.383 e. The highest BCUT2D eigenvalue weighted by molar-refractivity contribution is 5.98. The molecular formula is C25H23F2N5O3. The number of rotatable bonds is 9. The molecule has 0 bridgehead atoms. The number of para-hydroxylation sites is 1. The first-order valence-electron chi connectivity index (χ1n) is 10.8. The fourth-order valence-electron chi connectivity index (χ4n) is 3.70. The number of hydrogen-bond acceptors (Lipinski definition) is 5. The summed E-state index contributed by atoms with van der Waals surface area (Å²) in [6, 6.07) is 16.7. The van der Waals surface area contributed by atoms with Crippen LogP contribution in [-0.4, -0.2) is 52.0 Å². The molecule has 0 aliphatic rings. The van der Waals surface area contributed by atoms with Crippen molar-refractivity contribution < 1.29 is 23.1 Å². The van der Waals surface area contributed by atoms with Crippen LogP contribution in [0.5, 0.6) is 0 Å². The predicted molar refractivity (Wildman–Crippen MR) is 125 cm³/mol. The molecule has 3 aromatic carbocycles. The fourth-order valence-corrected chi connectivity index (χ4v) is 3.70. The Hall–Kier alpha value is -4.18. The van der Waals surface area contributed by atoms with E-state index in [9.17, 15) is 18.4 Å². The van der Waals surface area contributed by atoms with Crippen molar-refractivity contribution in [2.75, 3.05) is 25.6 Å². The van der Waals surface area contributed by atoms with Gasteiger partial charge in [-0.25, -0.2) is 13.5 Å². The first-order chi connectivity index (χ1) is 17.0. The molecule has 0 fully saturated rings. The van der Waals surface area contributed by atoms with Gasteiger partial charge in [-0.15, -0.1) is 5.10 Å². The summed E-state index contributed by atoms with van der Waals surface area (Å²) >= 11 is 0. The van der Waals surface area contributed by atoms with Crippen LogP contribution in [0.25, 0.3) is 11.0 Å². The number of aromatic nitrogens is 3. The zero-order chi connectivity index (χ0) is 24.8. The molecule has 4 aromatic rings. The van der Waals surface area contributed by atoms with Gasteiger partial charge in [0.2, 0.25) is 5.91 Å². The van der Waals surface area contributed by atoms with E-state index in [0.29, 0.717) is 22.3 Å². The molecule has 10 heteroatoms. The number of nitrogens with one attached hydrogen (secondary N) is 1. The first kappa shape index (κ1) is 24.0. The summed E-state index contributed by atoms with van der Waals surface area (Å²) in [4.78, 5) is 28.3. The number of carbonyl (C=O) groups is 2. The summed E-state index contributed by atoms with van der Waals surface area (Å²) in [7, 11) is 1.49. The Morgan fingerprint density at radius 1 is 1.00 bits per heavy atom. The van der Waals surface area contributed by atoms with E-state index in [1.165, 1.54) is 65.2 Å². The summed E-state index contributed by atoms with van der Waals surface area (Å²) in [5.74, 6) is -1.89. The summed E-state index contributed by atoms with van der Waals surface area (Å²) in [6.45, 7) is 0.0674. The van der Waals surface area contributed by atoms with Gasteiger partial charge in [0.15, 0.2) is 0 Å². The van der Waals surface area contributed by atoms with Gasteiger partial charge in [-0.05, 0) is 54.1 Å². The minimum atomic E-state index is -1.11. The average molecular weight is 479 g/mol. The van der Waals surface area contributed by atoms with Gasteiger partial charge < -0.3 is 15.0 Å². The third-order valence-corrected chi connectivity index (χ3v) is 5.42.